The van der Waals surface area contributed by atoms with Crippen molar-refractivity contribution in [2.24, 2.45) is 0 Å². The third kappa shape index (κ3) is 9.72. The van der Waals surface area contributed by atoms with Crippen molar-refractivity contribution in [1.82, 2.24) is 4.90 Å². The highest BCUT2D eigenvalue weighted by Gasteiger charge is 2.06. The van der Waals surface area contributed by atoms with Crippen LogP contribution < -0.4 is 0 Å². The van der Waals surface area contributed by atoms with Crippen molar-refractivity contribution in [3.8, 4) is 0 Å². The van der Waals surface area contributed by atoms with Gasteiger partial charge in [0.2, 0.25) is 0 Å². The summed E-state index contributed by atoms with van der Waals surface area (Å²) >= 11 is 0. The molecule has 0 aliphatic rings. The molecule has 0 saturated heterocycles. The molecular weight excluding hydrogens is 242 g/mol. The summed E-state index contributed by atoms with van der Waals surface area (Å²) in [5, 5.41) is 35.1. The average molecular weight is 267 g/mol. The molecule has 7 heteroatoms. The van der Waals surface area contributed by atoms with Crippen LogP contribution in [0.5, 0.6) is 0 Å². The molecule has 0 spiro atoms. The van der Waals surface area contributed by atoms with Gasteiger partial charge in [-0.3, -0.25) is 0 Å². The van der Waals surface area contributed by atoms with E-state index in [4.69, 9.17) is 29.9 Å². The Kier molecular flexibility index (Phi) is 11.6. The molecule has 0 heterocycles. The fraction of sp³-hybridized carbons (Fsp3) is 1.00. The second kappa shape index (κ2) is 11.8. The largest absolute Gasteiger partial charge is 0.394 e. The van der Waals surface area contributed by atoms with Gasteiger partial charge in [-0.05, 0) is 7.05 Å². The Morgan fingerprint density at radius 3 is 2.17 bits per heavy atom. The van der Waals surface area contributed by atoms with Gasteiger partial charge >= 0.3 is 0 Å². The molecule has 0 aromatic heterocycles. The minimum absolute atomic E-state index is 0.123. The van der Waals surface area contributed by atoms with Gasteiger partial charge in [0, 0.05) is 13.1 Å². The molecule has 0 aromatic rings. The van der Waals surface area contributed by atoms with Crippen molar-refractivity contribution in [2.45, 2.75) is 12.2 Å². The number of hydrogen-bond acceptors (Lipinski definition) is 7. The number of rotatable bonds is 12. The summed E-state index contributed by atoms with van der Waals surface area (Å²) in [6, 6.07) is 0. The lowest BCUT2D eigenvalue weighted by Gasteiger charge is -2.19. The maximum atomic E-state index is 9.02. The molecule has 7 nitrogen and oxygen atoms in total. The van der Waals surface area contributed by atoms with Crippen LogP contribution in [-0.2, 0) is 9.47 Å². The third-order valence-corrected chi connectivity index (χ3v) is 2.37. The molecule has 0 bridgehead atoms. The molecule has 0 rings (SSSR count). The van der Waals surface area contributed by atoms with Gasteiger partial charge in [-0.1, -0.05) is 0 Å². The van der Waals surface area contributed by atoms with Gasteiger partial charge in [0.15, 0.2) is 0 Å². The van der Waals surface area contributed by atoms with Crippen LogP contribution in [0.2, 0.25) is 0 Å². The van der Waals surface area contributed by atoms with Crippen LogP contribution in [0.3, 0.4) is 0 Å². The zero-order valence-corrected chi connectivity index (χ0v) is 10.9. The maximum Gasteiger partial charge on any atom is 0.104 e. The van der Waals surface area contributed by atoms with E-state index in [1.54, 1.807) is 0 Å². The van der Waals surface area contributed by atoms with E-state index in [0.717, 1.165) is 0 Å². The highest BCUT2D eigenvalue weighted by molar-refractivity contribution is 4.55. The fourth-order valence-corrected chi connectivity index (χ4v) is 1.14. The van der Waals surface area contributed by atoms with Crippen LogP contribution in [0, 0.1) is 0 Å². The molecule has 4 N–H and O–H groups in total. The minimum atomic E-state index is -0.825. The average Bonchev–Trinajstić information content (AvgIpc) is 2.39. The van der Waals surface area contributed by atoms with Gasteiger partial charge in [-0.2, -0.15) is 0 Å². The highest BCUT2D eigenvalue weighted by atomic mass is 16.5. The van der Waals surface area contributed by atoms with E-state index in [0.29, 0.717) is 26.3 Å². The van der Waals surface area contributed by atoms with Gasteiger partial charge in [-0.25, -0.2) is 0 Å². The van der Waals surface area contributed by atoms with Crippen LogP contribution in [0.1, 0.15) is 0 Å². The second-order valence-corrected chi connectivity index (χ2v) is 4.07. The van der Waals surface area contributed by atoms with Crippen molar-refractivity contribution in [1.29, 1.82) is 0 Å². The Morgan fingerprint density at radius 2 is 1.61 bits per heavy atom. The molecular formula is C11H25NO6. The van der Waals surface area contributed by atoms with Gasteiger partial charge < -0.3 is 34.8 Å². The van der Waals surface area contributed by atoms with E-state index in [9.17, 15) is 0 Å². The SMILES string of the molecule is CN(CCOCC(O)CO)CCOC(CO)CO. The predicted octanol–water partition coefficient (Wildman–Crippen LogP) is -2.34. The maximum absolute atomic E-state index is 9.02. The molecule has 0 saturated carbocycles. The number of nitrogens with zero attached hydrogens (tertiary/aromatic N) is 1. The number of aliphatic hydroxyl groups excluding tert-OH is 4. The first-order chi connectivity index (χ1) is 8.63. The summed E-state index contributed by atoms with van der Waals surface area (Å²) < 4.78 is 10.4. The molecule has 110 valence electrons. The van der Waals surface area contributed by atoms with E-state index in [1.807, 2.05) is 11.9 Å². The van der Waals surface area contributed by atoms with Gasteiger partial charge in [0.1, 0.15) is 12.2 Å². The van der Waals surface area contributed by atoms with Crippen LogP contribution in [-0.4, -0.2) is 97.3 Å². The van der Waals surface area contributed by atoms with Gasteiger partial charge in [0.25, 0.3) is 0 Å². The van der Waals surface area contributed by atoms with Crippen molar-refractivity contribution in [3.63, 3.8) is 0 Å². The van der Waals surface area contributed by atoms with Crippen LogP contribution in [0.15, 0.2) is 0 Å². The molecule has 0 aliphatic heterocycles. The first kappa shape index (κ1) is 17.7. The van der Waals surface area contributed by atoms with E-state index >= 15 is 0 Å². The molecule has 0 aromatic carbocycles. The van der Waals surface area contributed by atoms with Crippen LogP contribution in [0.4, 0.5) is 0 Å². The monoisotopic (exact) mass is 267 g/mol. The number of aliphatic hydroxyl groups is 4. The minimum Gasteiger partial charge on any atom is -0.394 e. The summed E-state index contributed by atoms with van der Waals surface area (Å²) in [6.07, 6.45) is -1.34. The Hall–Kier alpha value is -0.280. The fourth-order valence-electron chi connectivity index (χ4n) is 1.14. The zero-order chi connectivity index (χ0) is 13.8. The van der Waals surface area contributed by atoms with Gasteiger partial charge in [0.05, 0.1) is 39.6 Å². The molecule has 0 amide bonds. The van der Waals surface area contributed by atoms with Crippen molar-refractivity contribution in [2.75, 3.05) is 59.8 Å². The van der Waals surface area contributed by atoms with E-state index in [-0.39, 0.29) is 26.4 Å². The predicted molar refractivity (Wildman–Crippen MR) is 65.3 cm³/mol. The third-order valence-electron chi connectivity index (χ3n) is 2.37. The number of likely N-dealkylation sites (N-methyl/N-ethyl adjacent to an activating group) is 1. The first-order valence-electron chi connectivity index (χ1n) is 6.02. The Bertz CT molecular complexity index is 179. The lowest BCUT2D eigenvalue weighted by atomic mass is 10.4. The molecule has 0 fully saturated rings. The molecule has 1 atom stereocenters. The van der Waals surface area contributed by atoms with Crippen molar-refractivity contribution < 1.29 is 29.9 Å². The van der Waals surface area contributed by atoms with E-state index in [1.165, 1.54) is 0 Å². The number of hydrogen-bond donors (Lipinski definition) is 4. The zero-order valence-electron chi connectivity index (χ0n) is 10.9. The highest BCUT2D eigenvalue weighted by Crippen LogP contribution is 1.91. The molecule has 1 unspecified atom stereocenters. The Balaban J connectivity index is 3.39. The first-order valence-corrected chi connectivity index (χ1v) is 6.02. The second-order valence-electron chi connectivity index (χ2n) is 4.07. The summed E-state index contributed by atoms with van der Waals surface area (Å²) in [4.78, 5) is 1.97. The topological polar surface area (TPSA) is 103 Å². The standard InChI is InChI=1S/C11H25NO6/c1-12(2-4-17-9-10(16)6-13)3-5-18-11(7-14)8-15/h10-11,13-16H,2-9H2,1H3. The van der Waals surface area contributed by atoms with Crippen molar-refractivity contribution in [3.05, 3.63) is 0 Å². The summed E-state index contributed by atoms with van der Waals surface area (Å²) in [7, 11) is 1.89. The van der Waals surface area contributed by atoms with Gasteiger partial charge in [-0.15, -0.1) is 0 Å². The lowest BCUT2D eigenvalue weighted by Crippen LogP contribution is -2.31. The normalized spacial score (nSPS) is 13.5. The summed E-state index contributed by atoms with van der Waals surface area (Å²) in [6.45, 7) is 1.64. The summed E-state index contributed by atoms with van der Waals surface area (Å²) in [5.41, 5.74) is 0. The van der Waals surface area contributed by atoms with Crippen molar-refractivity contribution >= 4 is 0 Å². The smallest absolute Gasteiger partial charge is 0.104 e. The summed E-state index contributed by atoms with van der Waals surface area (Å²) in [5.74, 6) is 0. The molecule has 18 heavy (non-hydrogen) atoms. The quantitative estimate of drug-likeness (QED) is 0.294. The van der Waals surface area contributed by atoms with Crippen LogP contribution in [0.25, 0.3) is 0 Å². The van der Waals surface area contributed by atoms with E-state index < -0.39 is 12.2 Å². The Labute approximate surface area is 108 Å². The lowest BCUT2D eigenvalue weighted by molar-refractivity contribution is -0.0285. The number of ether oxygens (including phenoxy) is 2. The molecule has 0 radical (unpaired) electrons. The van der Waals surface area contributed by atoms with Crippen LogP contribution >= 0.6 is 0 Å². The Morgan fingerprint density at radius 1 is 1.00 bits per heavy atom. The molecule has 0 aliphatic carbocycles. The van der Waals surface area contributed by atoms with E-state index in [2.05, 4.69) is 0 Å².